The highest BCUT2D eigenvalue weighted by molar-refractivity contribution is 5.98. The minimum absolute atomic E-state index is 0.0705. The van der Waals surface area contributed by atoms with Crippen molar-refractivity contribution in [2.45, 2.75) is 32.1 Å². The van der Waals surface area contributed by atoms with E-state index in [1.807, 2.05) is 30.1 Å². The van der Waals surface area contributed by atoms with Crippen molar-refractivity contribution in [1.82, 2.24) is 4.90 Å². The molecular weight excluding hydrogens is 264 g/mol. The van der Waals surface area contributed by atoms with Crippen LogP contribution in [-0.4, -0.2) is 37.6 Å². The van der Waals surface area contributed by atoms with E-state index in [2.05, 4.69) is 5.32 Å². The zero-order chi connectivity index (χ0) is 14.7. The van der Waals surface area contributed by atoms with E-state index in [-0.39, 0.29) is 5.91 Å². The van der Waals surface area contributed by atoms with Crippen LogP contribution in [0.1, 0.15) is 42.5 Å². The molecule has 1 aromatic rings. The fourth-order valence-corrected chi connectivity index (χ4v) is 3.38. The molecule has 1 saturated carbocycles. The van der Waals surface area contributed by atoms with Gasteiger partial charge in [-0.25, -0.2) is 0 Å². The molecule has 1 heterocycles. The van der Waals surface area contributed by atoms with Gasteiger partial charge in [0.15, 0.2) is 5.75 Å². The van der Waals surface area contributed by atoms with Gasteiger partial charge in [0.05, 0.1) is 11.3 Å². The number of ether oxygens (including phenoxy) is 1. The monoisotopic (exact) mass is 288 g/mol. The van der Waals surface area contributed by atoms with Crippen LogP contribution in [0.3, 0.4) is 0 Å². The van der Waals surface area contributed by atoms with Gasteiger partial charge in [-0.1, -0.05) is 25.3 Å². The molecule has 4 heteroatoms. The number of nitrogens with one attached hydrogen (secondary N) is 1. The summed E-state index contributed by atoms with van der Waals surface area (Å²) < 4.78 is 5.71. The predicted octanol–water partition coefficient (Wildman–Crippen LogP) is 3.14. The lowest BCUT2D eigenvalue weighted by Crippen LogP contribution is -2.33. The normalized spacial score (nSPS) is 18.3. The molecule has 0 atom stereocenters. The van der Waals surface area contributed by atoms with Crippen molar-refractivity contribution >= 4 is 11.6 Å². The fourth-order valence-electron chi connectivity index (χ4n) is 3.38. The lowest BCUT2D eigenvalue weighted by Gasteiger charge is -2.28. The molecule has 1 amide bonds. The number of rotatable bonds is 3. The number of nitrogens with zero attached hydrogens (tertiary/aromatic N) is 1. The van der Waals surface area contributed by atoms with Gasteiger partial charge in [-0.2, -0.15) is 0 Å². The second-order valence-corrected chi connectivity index (χ2v) is 6.15. The Bertz CT molecular complexity index is 510. The number of benzene rings is 1. The largest absolute Gasteiger partial charge is 0.489 e. The summed E-state index contributed by atoms with van der Waals surface area (Å²) in [6, 6.07) is 5.75. The SMILES string of the molecule is CN(CC1CCCCC1)C(=O)c1cccc2c1OCCN2. The topological polar surface area (TPSA) is 41.6 Å². The standard InChI is InChI=1S/C17H24N2O2/c1-19(12-13-6-3-2-4-7-13)17(20)14-8-5-9-15-16(14)21-11-10-18-15/h5,8-9,13,18H,2-4,6-7,10-12H2,1H3. The lowest BCUT2D eigenvalue weighted by atomic mass is 9.89. The van der Waals surface area contributed by atoms with E-state index in [4.69, 9.17) is 4.74 Å². The van der Waals surface area contributed by atoms with E-state index in [0.29, 0.717) is 23.8 Å². The summed E-state index contributed by atoms with van der Waals surface area (Å²) in [5, 5.41) is 3.28. The average Bonchev–Trinajstić information content (AvgIpc) is 2.54. The quantitative estimate of drug-likeness (QED) is 0.929. The number of hydrogen-bond acceptors (Lipinski definition) is 3. The number of anilines is 1. The maximum atomic E-state index is 12.7. The summed E-state index contributed by atoms with van der Waals surface area (Å²) in [6.45, 7) is 2.27. The number of carbonyl (C=O) groups excluding carboxylic acids is 1. The van der Waals surface area contributed by atoms with Gasteiger partial charge in [0.1, 0.15) is 6.61 Å². The zero-order valence-electron chi connectivity index (χ0n) is 12.7. The molecule has 0 bridgehead atoms. The van der Waals surface area contributed by atoms with Crippen LogP contribution in [0, 0.1) is 5.92 Å². The van der Waals surface area contributed by atoms with Gasteiger partial charge < -0.3 is 15.0 Å². The number of carbonyl (C=O) groups is 1. The van der Waals surface area contributed by atoms with Crippen LogP contribution >= 0.6 is 0 Å². The predicted molar refractivity (Wildman–Crippen MR) is 84.0 cm³/mol. The number of hydrogen-bond donors (Lipinski definition) is 1. The van der Waals surface area contributed by atoms with Gasteiger partial charge >= 0.3 is 0 Å². The first-order valence-electron chi connectivity index (χ1n) is 8.01. The third-order valence-electron chi connectivity index (χ3n) is 4.51. The molecule has 1 fully saturated rings. The maximum Gasteiger partial charge on any atom is 0.257 e. The van der Waals surface area contributed by atoms with Crippen molar-refractivity contribution in [2.24, 2.45) is 5.92 Å². The van der Waals surface area contributed by atoms with E-state index in [9.17, 15) is 4.79 Å². The zero-order valence-corrected chi connectivity index (χ0v) is 12.7. The molecule has 4 nitrogen and oxygen atoms in total. The second kappa shape index (κ2) is 6.37. The molecule has 0 aromatic heterocycles. The third-order valence-corrected chi connectivity index (χ3v) is 4.51. The van der Waals surface area contributed by atoms with Gasteiger partial charge in [0, 0.05) is 20.1 Å². The summed E-state index contributed by atoms with van der Waals surface area (Å²) in [4.78, 5) is 14.6. The molecule has 0 radical (unpaired) electrons. The van der Waals surface area contributed by atoms with E-state index < -0.39 is 0 Å². The Morgan fingerprint density at radius 1 is 1.33 bits per heavy atom. The highest BCUT2D eigenvalue weighted by atomic mass is 16.5. The Kier molecular flexibility index (Phi) is 4.32. The Labute approximate surface area is 126 Å². The highest BCUT2D eigenvalue weighted by Gasteiger charge is 2.23. The molecule has 1 N–H and O–H groups in total. The van der Waals surface area contributed by atoms with E-state index >= 15 is 0 Å². The third kappa shape index (κ3) is 3.14. The van der Waals surface area contributed by atoms with Gasteiger partial charge in [0.25, 0.3) is 5.91 Å². The molecule has 0 saturated heterocycles. The number of para-hydroxylation sites is 1. The minimum atomic E-state index is 0.0705. The first kappa shape index (κ1) is 14.2. The fraction of sp³-hybridized carbons (Fsp3) is 0.588. The first-order valence-corrected chi connectivity index (χ1v) is 8.01. The second-order valence-electron chi connectivity index (χ2n) is 6.15. The minimum Gasteiger partial charge on any atom is -0.489 e. The highest BCUT2D eigenvalue weighted by Crippen LogP contribution is 2.32. The molecule has 1 aromatic carbocycles. The van der Waals surface area contributed by atoms with Gasteiger partial charge in [-0.15, -0.1) is 0 Å². The molecular formula is C17H24N2O2. The molecule has 3 rings (SSSR count). The van der Waals surface area contributed by atoms with Crippen molar-refractivity contribution in [2.75, 3.05) is 32.1 Å². The molecule has 0 unspecified atom stereocenters. The molecule has 114 valence electrons. The lowest BCUT2D eigenvalue weighted by molar-refractivity contribution is 0.0756. The smallest absolute Gasteiger partial charge is 0.257 e. The Balaban J connectivity index is 1.72. The number of fused-ring (bicyclic) bond motifs is 1. The van der Waals surface area contributed by atoms with E-state index in [1.54, 1.807) is 0 Å². The van der Waals surface area contributed by atoms with Crippen LogP contribution in [0.15, 0.2) is 18.2 Å². The molecule has 1 aliphatic heterocycles. The molecule has 2 aliphatic rings. The van der Waals surface area contributed by atoms with E-state index in [0.717, 1.165) is 18.8 Å². The summed E-state index contributed by atoms with van der Waals surface area (Å²) in [6.07, 6.45) is 6.46. The number of amides is 1. The maximum absolute atomic E-state index is 12.7. The molecule has 0 spiro atoms. The first-order chi connectivity index (χ1) is 10.3. The molecule has 1 aliphatic carbocycles. The Morgan fingerprint density at radius 3 is 2.95 bits per heavy atom. The van der Waals surface area contributed by atoms with Crippen LogP contribution in [0.4, 0.5) is 5.69 Å². The van der Waals surface area contributed by atoms with Gasteiger partial charge in [0.2, 0.25) is 0 Å². The van der Waals surface area contributed by atoms with Crippen LogP contribution in [0.25, 0.3) is 0 Å². The average molecular weight is 288 g/mol. The van der Waals surface area contributed by atoms with Crippen molar-refractivity contribution in [3.05, 3.63) is 23.8 Å². The van der Waals surface area contributed by atoms with Crippen LogP contribution in [0.5, 0.6) is 5.75 Å². The van der Waals surface area contributed by atoms with Crippen molar-refractivity contribution < 1.29 is 9.53 Å². The molecule has 21 heavy (non-hydrogen) atoms. The van der Waals surface area contributed by atoms with Gasteiger partial charge in [-0.05, 0) is 30.9 Å². The summed E-state index contributed by atoms with van der Waals surface area (Å²) in [7, 11) is 1.91. The van der Waals surface area contributed by atoms with Crippen molar-refractivity contribution in [1.29, 1.82) is 0 Å². The summed E-state index contributed by atoms with van der Waals surface area (Å²) in [5.74, 6) is 1.44. The van der Waals surface area contributed by atoms with E-state index in [1.165, 1.54) is 32.1 Å². The Hall–Kier alpha value is -1.71. The van der Waals surface area contributed by atoms with Crippen molar-refractivity contribution in [3.8, 4) is 5.75 Å². The van der Waals surface area contributed by atoms with Crippen molar-refractivity contribution in [3.63, 3.8) is 0 Å². The summed E-state index contributed by atoms with van der Waals surface area (Å²) >= 11 is 0. The van der Waals surface area contributed by atoms with Gasteiger partial charge in [-0.3, -0.25) is 4.79 Å². The van der Waals surface area contributed by atoms with Crippen LogP contribution in [0.2, 0.25) is 0 Å². The Morgan fingerprint density at radius 2 is 2.14 bits per heavy atom. The van der Waals surface area contributed by atoms with Crippen LogP contribution < -0.4 is 10.1 Å². The summed E-state index contributed by atoms with van der Waals surface area (Å²) in [5.41, 5.74) is 1.61. The van der Waals surface area contributed by atoms with Crippen LogP contribution in [-0.2, 0) is 0 Å².